The number of fused-ring (bicyclic) bond motifs is 2. The predicted molar refractivity (Wildman–Crippen MR) is 53.6 cm³/mol. The number of nitrogens with one attached hydrogen (secondary N) is 1. The average Bonchev–Trinajstić information content (AvgIpc) is 2.83. The van der Waals surface area contributed by atoms with Crippen molar-refractivity contribution in [3.8, 4) is 11.5 Å². The van der Waals surface area contributed by atoms with Gasteiger partial charge < -0.3 is 14.5 Å². The van der Waals surface area contributed by atoms with Crippen molar-refractivity contribution in [2.75, 3.05) is 6.79 Å². The van der Waals surface area contributed by atoms with E-state index in [1.165, 1.54) is 0 Å². The van der Waals surface area contributed by atoms with Gasteiger partial charge in [-0.1, -0.05) is 13.8 Å². The molecule has 0 unspecified atom stereocenters. The second kappa shape index (κ2) is 3.57. The lowest BCUT2D eigenvalue weighted by Crippen LogP contribution is -1.92. The second-order valence-corrected chi connectivity index (χ2v) is 2.63. The molecular formula is C10H12N2O2. The van der Waals surface area contributed by atoms with Crippen molar-refractivity contribution in [1.29, 1.82) is 0 Å². The largest absolute Gasteiger partial charge is 0.454 e. The van der Waals surface area contributed by atoms with Gasteiger partial charge in [0, 0.05) is 12.1 Å². The molecule has 0 amide bonds. The number of imidazole rings is 1. The average molecular weight is 192 g/mol. The number of rotatable bonds is 0. The van der Waals surface area contributed by atoms with E-state index < -0.39 is 0 Å². The van der Waals surface area contributed by atoms with E-state index in [0.29, 0.717) is 6.79 Å². The lowest BCUT2D eigenvalue weighted by atomic mass is 10.3. The van der Waals surface area contributed by atoms with Gasteiger partial charge in [-0.3, -0.25) is 0 Å². The smallest absolute Gasteiger partial charge is 0.231 e. The van der Waals surface area contributed by atoms with E-state index in [1.807, 2.05) is 26.0 Å². The molecule has 2 heterocycles. The Balaban J connectivity index is 0.000000354. The zero-order valence-corrected chi connectivity index (χ0v) is 8.20. The molecular weight excluding hydrogens is 180 g/mol. The number of hydrogen-bond acceptors (Lipinski definition) is 3. The Morgan fingerprint density at radius 3 is 2.71 bits per heavy atom. The molecule has 14 heavy (non-hydrogen) atoms. The normalized spacial score (nSPS) is 12.4. The quantitative estimate of drug-likeness (QED) is 0.696. The number of benzene rings is 1. The predicted octanol–water partition coefficient (Wildman–Crippen LogP) is 2.32. The van der Waals surface area contributed by atoms with Gasteiger partial charge in [0.1, 0.15) is 0 Å². The van der Waals surface area contributed by atoms with Crippen LogP contribution in [0.2, 0.25) is 0 Å². The minimum absolute atomic E-state index is 0.307. The first-order valence-electron chi connectivity index (χ1n) is 4.66. The Bertz CT molecular complexity index is 399. The lowest BCUT2D eigenvalue weighted by Gasteiger charge is -1.93. The zero-order chi connectivity index (χ0) is 9.97. The molecule has 1 aliphatic heterocycles. The van der Waals surface area contributed by atoms with Crippen LogP contribution in [0, 0.1) is 0 Å². The summed E-state index contributed by atoms with van der Waals surface area (Å²) in [5, 5.41) is 0. The molecule has 1 aromatic heterocycles. The van der Waals surface area contributed by atoms with Crippen LogP contribution in [0.25, 0.3) is 11.0 Å². The van der Waals surface area contributed by atoms with E-state index in [4.69, 9.17) is 9.47 Å². The fourth-order valence-corrected chi connectivity index (χ4v) is 1.33. The maximum atomic E-state index is 5.21. The van der Waals surface area contributed by atoms with Gasteiger partial charge in [0.25, 0.3) is 0 Å². The Hall–Kier alpha value is -1.71. The van der Waals surface area contributed by atoms with Gasteiger partial charge in [0.15, 0.2) is 11.5 Å². The van der Waals surface area contributed by atoms with Crippen LogP contribution < -0.4 is 9.47 Å². The third-order valence-corrected chi connectivity index (χ3v) is 1.91. The Kier molecular flexibility index (Phi) is 2.26. The first kappa shape index (κ1) is 8.87. The van der Waals surface area contributed by atoms with Crippen molar-refractivity contribution >= 4 is 11.0 Å². The molecule has 0 bridgehead atoms. The molecule has 4 nitrogen and oxygen atoms in total. The summed E-state index contributed by atoms with van der Waals surface area (Å²) in [6.07, 6.45) is 1.65. The molecule has 0 fully saturated rings. The highest BCUT2D eigenvalue weighted by Crippen LogP contribution is 2.34. The van der Waals surface area contributed by atoms with Crippen LogP contribution in [-0.4, -0.2) is 16.8 Å². The SMILES string of the molecule is CC.c1nc2cc3c(cc2[nH]1)OCO3. The first-order chi connectivity index (χ1) is 6.93. The van der Waals surface area contributed by atoms with Gasteiger partial charge in [-0.05, 0) is 0 Å². The summed E-state index contributed by atoms with van der Waals surface area (Å²) in [5.74, 6) is 1.56. The van der Waals surface area contributed by atoms with Crippen LogP contribution in [0.4, 0.5) is 0 Å². The minimum atomic E-state index is 0.307. The maximum Gasteiger partial charge on any atom is 0.231 e. The zero-order valence-electron chi connectivity index (χ0n) is 8.20. The van der Waals surface area contributed by atoms with Crippen molar-refractivity contribution < 1.29 is 9.47 Å². The van der Waals surface area contributed by atoms with Gasteiger partial charge in [-0.2, -0.15) is 0 Å². The molecule has 0 spiro atoms. The summed E-state index contributed by atoms with van der Waals surface area (Å²) in [4.78, 5) is 7.11. The summed E-state index contributed by atoms with van der Waals surface area (Å²) in [5.41, 5.74) is 1.87. The van der Waals surface area contributed by atoms with Crippen LogP contribution in [0.1, 0.15) is 13.8 Å². The van der Waals surface area contributed by atoms with Gasteiger partial charge in [0.05, 0.1) is 17.4 Å². The fraction of sp³-hybridized carbons (Fsp3) is 0.300. The standard InChI is InChI=1S/C8H6N2O2.C2H6/c1-5-6(10-3-9-5)2-8-7(1)11-4-12-8;1-2/h1-3H,4H2,(H,9,10);1-2H3. The number of H-pyrrole nitrogens is 1. The van der Waals surface area contributed by atoms with Crippen LogP contribution in [0.15, 0.2) is 18.5 Å². The molecule has 1 aliphatic rings. The summed E-state index contributed by atoms with van der Waals surface area (Å²) < 4.78 is 10.4. The van der Waals surface area contributed by atoms with E-state index in [9.17, 15) is 0 Å². The maximum absolute atomic E-state index is 5.21. The van der Waals surface area contributed by atoms with Crippen LogP contribution in [0.5, 0.6) is 11.5 Å². The van der Waals surface area contributed by atoms with Gasteiger partial charge in [-0.15, -0.1) is 0 Å². The molecule has 0 saturated heterocycles. The minimum Gasteiger partial charge on any atom is -0.454 e. The van der Waals surface area contributed by atoms with Gasteiger partial charge in [0.2, 0.25) is 6.79 Å². The Morgan fingerprint density at radius 1 is 1.21 bits per heavy atom. The number of ether oxygens (including phenoxy) is 2. The highest BCUT2D eigenvalue weighted by atomic mass is 16.7. The molecule has 4 heteroatoms. The molecule has 74 valence electrons. The lowest BCUT2D eigenvalue weighted by molar-refractivity contribution is 0.174. The first-order valence-corrected chi connectivity index (χ1v) is 4.66. The molecule has 1 aromatic carbocycles. The molecule has 0 radical (unpaired) electrons. The highest BCUT2D eigenvalue weighted by Gasteiger charge is 2.14. The number of hydrogen-bond donors (Lipinski definition) is 1. The van der Waals surface area contributed by atoms with Crippen molar-refractivity contribution in [1.82, 2.24) is 9.97 Å². The summed E-state index contributed by atoms with van der Waals surface area (Å²) >= 11 is 0. The van der Waals surface area contributed by atoms with Crippen LogP contribution >= 0.6 is 0 Å². The van der Waals surface area contributed by atoms with E-state index in [2.05, 4.69) is 9.97 Å². The summed E-state index contributed by atoms with van der Waals surface area (Å²) in [6, 6.07) is 3.76. The Morgan fingerprint density at radius 2 is 1.93 bits per heavy atom. The third kappa shape index (κ3) is 1.28. The molecule has 0 saturated carbocycles. The Labute approximate surface area is 81.9 Å². The molecule has 0 aliphatic carbocycles. The molecule has 3 rings (SSSR count). The number of nitrogens with zero attached hydrogens (tertiary/aromatic N) is 1. The second-order valence-electron chi connectivity index (χ2n) is 2.63. The van der Waals surface area contributed by atoms with E-state index in [-0.39, 0.29) is 0 Å². The van der Waals surface area contributed by atoms with Crippen molar-refractivity contribution in [2.45, 2.75) is 13.8 Å². The van der Waals surface area contributed by atoms with Crippen molar-refractivity contribution in [2.24, 2.45) is 0 Å². The fourth-order valence-electron chi connectivity index (χ4n) is 1.33. The monoisotopic (exact) mass is 192 g/mol. The van der Waals surface area contributed by atoms with E-state index in [0.717, 1.165) is 22.5 Å². The highest BCUT2D eigenvalue weighted by molar-refractivity contribution is 5.79. The molecule has 0 atom stereocenters. The van der Waals surface area contributed by atoms with Crippen molar-refractivity contribution in [3.63, 3.8) is 0 Å². The molecule has 1 N–H and O–H groups in total. The van der Waals surface area contributed by atoms with Crippen molar-refractivity contribution in [3.05, 3.63) is 18.5 Å². The third-order valence-electron chi connectivity index (χ3n) is 1.91. The summed E-state index contributed by atoms with van der Waals surface area (Å²) in [7, 11) is 0. The topological polar surface area (TPSA) is 47.1 Å². The van der Waals surface area contributed by atoms with Gasteiger partial charge >= 0.3 is 0 Å². The van der Waals surface area contributed by atoms with Crippen LogP contribution in [0.3, 0.4) is 0 Å². The van der Waals surface area contributed by atoms with Gasteiger partial charge in [-0.25, -0.2) is 4.98 Å². The molecule has 2 aromatic rings. The number of aromatic amines is 1. The van der Waals surface area contributed by atoms with Crippen LogP contribution in [-0.2, 0) is 0 Å². The summed E-state index contributed by atoms with van der Waals surface area (Å²) in [6.45, 7) is 4.31. The number of aromatic nitrogens is 2. The van der Waals surface area contributed by atoms with E-state index >= 15 is 0 Å². The van der Waals surface area contributed by atoms with E-state index in [1.54, 1.807) is 6.33 Å².